The molecule has 16 heavy (non-hydrogen) atoms. The molecule has 0 radical (unpaired) electrons. The summed E-state index contributed by atoms with van der Waals surface area (Å²) in [6.45, 7) is 1.88. The van der Waals surface area contributed by atoms with Crippen molar-refractivity contribution in [2.24, 2.45) is 5.92 Å². The summed E-state index contributed by atoms with van der Waals surface area (Å²) in [5, 5.41) is 4.19. The van der Waals surface area contributed by atoms with Gasteiger partial charge >= 0.3 is 0 Å². The summed E-state index contributed by atoms with van der Waals surface area (Å²) in [5.41, 5.74) is 0. The highest BCUT2D eigenvalue weighted by molar-refractivity contribution is 7.20. The number of nitrogens with zero attached hydrogens (tertiary/aromatic N) is 1. The minimum atomic E-state index is 0.159. The highest BCUT2D eigenvalue weighted by Gasteiger charge is 2.25. The minimum absolute atomic E-state index is 0.159. The van der Waals surface area contributed by atoms with Gasteiger partial charge in [-0.3, -0.25) is 4.79 Å². The number of halogens is 1. The van der Waals surface area contributed by atoms with Crippen molar-refractivity contribution in [1.82, 2.24) is 5.32 Å². The molecule has 0 aliphatic carbocycles. The third kappa shape index (κ3) is 2.56. The van der Waals surface area contributed by atoms with Crippen molar-refractivity contribution in [2.45, 2.75) is 12.8 Å². The van der Waals surface area contributed by atoms with Crippen LogP contribution in [0.15, 0.2) is 12.1 Å². The Bertz CT molecular complexity index is 374. The van der Waals surface area contributed by atoms with E-state index in [1.807, 2.05) is 19.2 Å². The van der Waals surface area contributed by atoms with Crippen LogP contribution in [-0.4, -0.2) is 26.0 Å². The third-order valence-electron chi connectivity index (χ3n) is 2.91. The van der Waals surface area contributed by atoms with Gasteiger partial charge in [0, 0.05) is 13.0 Å². The first-order valence-electron chi connectivity index (χ1n) is 5.42. The number of anilines is 1. The summed E-state index contributed by atoms with van der Waals surface area (Å²) in [6.07, 6.45) is 1.87. The van der Waals surface area contributed by atoms with Gasteiger partial charge in [-0.1, -0.05) is 11.6 Å². The molecular weight excluding hydrogens is 244 g/mol. The van der Waals surface area contributed by atoms with Crippen LogP contribution in [0.2, 0.25) is 4.34 Å². The second kappa shape index (κ2) is 5.17. The van der Waals surface area contributed by atoms with Crippen molar-refractivity contribution < 1.29 is 4.79 Å². The van der Waals surface area contributed by atoms with E-state index in [1.54, 1.807) is 4.90 Å². The molecule has 1 saturated heterocycles. The first-order valence-corrected chi connectivity index (χ1v) is 6.61. The molecule has 0 spiro atoms. The van der Waals surface area contributed by atoms with Crippen molar-refractivity contribution in [3.8, 4) is 0 Å². The van der Waals surface area contributed by atoms with Crippen LogP contribution >= 0.6 is 22.9 Å². The lowest BCUT2D eigenvalue weighted by atomic mass is 9.97. The third-order valence-corrected chi connectivity index (χ3v) is 4.22. The summed E-state index contributed by atoms with van der Waals surface area (Å²) >= 11 is 7.31. The van der Waals surface area contributed by atoms with Crippen LogP contribution in [0.4, 0.5) is 5.00 Å². The molecule has 1 aromatic heterocycles. The summed E-state index contributed by atoms with van der Waals surface area (Å²) < 4.78 is 0.722. The van der Waals surface area contributed by atoms with Gasteiger partial charge in [-0.25, -0.2) is 0 Å². The lowest BCUT2D eigenvalue weighted by molar-refractivity contribution is -0.122. The SMILES string of the molecule is CN(C(=O)C1CCNCC1)c1ccc(Cl)s1. The largest absolute Gasteiger partial charge is 0.317 e. The van der Waals surface area contributed by atoms with E-state index in [1.165, 1.54) is 11.3 Å². The molecule has 1 aliphatic heterocycles. The Labute approximate surface area is 104 Å². The number of thiophene rings is 1. The van der Waals surface area contributed by atoms with Gasteiger partial charge in [0.1, 0.15) is 0 Å². The lowest BCUT2D eigenvalue weighted by Crippen LogP contribution is -2.39. The molecule has 2 rings (SSSR count). The van der Waals surface area contributed by atoms with Gasteiger partial charge in [0.2, 0.25) is 5.91 Å². The Morgan fingerprint density at radius 3 is 2.75 bits per heavy atom. The second-order valence-corrected chi connectivity index (χ2v) is 5.69. The van der Waals surface area contributed by atoms with Crippen LogP contribution in [0.3, 0.4) is 0 Å². The molecule has 1 amide bonds. The normalized spacial score (nSPS) is 17.4. The molecule has 88 valence electrons. The summed E-state index contributed by atoms with van der Waals surface area (Å²) in [7, 11) is 1.83. The van der Waals surface area contributed by atoms with Gasteiger partial charge in [0.05, 0.1) is 9.34 Å². The van der Waals surface area contributed by atoms with Crippen LogP contribution in [0, 0.1) is 5.92 Å². The monoisotopic (exact) mass is 258 g/mol. The quantitative estimate of drug-likeness (QED) is 0.883. The van der Waals surface area contributed by atoms with E-state index in [2.05, 4.69) is 5.32 Å². The number of piperidine rings is 1. The number of hydrogen-bond donors (Lipinski definition) is 1. The maximum atomic E-state index is 12.2. The highest BCUT2D eigenvalue weighted by atomic mass is 35.5. The minimum Gasteiger partial charge on any atom is -0.317 e. The molecule has 0 atom stereocenters. The topological polar surface area (TPSA) is 32.3 Å². The van der Waals surface area contributed by atoms with Crippen LogP contribution in [0.5, 0.6) is 0 Å². The molecular formula is C11H15ClN2OS. The molecule has 1 aliphatic rings. The fourth-order valence-corrected chi connectivity index (χ4v) is 2.94. The van der Waals surface area contributed by atoms with Gasteiger partial charge < -0.3 is 10.2 Å². The van der Waals surface area contributed by atoms with Crippen LogP contribution in [0.1, 0.15) is 12.8 Å². The van der Waals surface area contributed by atoms with Gasteiger partial charge in [-0.2, -0.15) is 0 Å². The fourth-order valence-electron chi connectivity index (χ4n) is 1.94. The van der Waals surface area contributed by atoms with Gasteiger partial charge in [0.25, 0.3) is 0 Å². The molecule has 1 fully saturated rings. The number of nitrogens with one attached hydrogen (secondary N) is 1. The summed E-state index contributed by atoms with van der Waals surface area (Å²) in [4.78, 5) is 13.9. The number of carbonyl (C=O) groups is 1. The van der Waals surface area contributed by atoms with E-state index in [0.29, 0.717) is 0 Å². The zero-order valence-corrected chi connectivity index (χ0v) is 10.8. The van der Waals surface area contributed by atoms with E-state index < -0.39 is 0 Å². The van der Waals surface area contributed by atoms with Gasteiger partial charge in [0.15, 0.2) is 0 Å². The van der Waals surface area contributed by atoms with Crippen LogP contribution < -0.4 is 10.2 Å². The molecule has 0 saturated carbocycles. The molecule has 1 N–H and O–H groups in total. The smallest absolute Gasteiger partial charge is 0.230 e. The first kappa shape index (κ1) is 11.9. The number of carbonyl (C=O) groups excluding carboxylic acids is 1. The predicted molar refractivity (Wildman–Crippen MR) is 68.3 cm³/mol. The molecule has 0 bridgehead atoms. The standard InChI is InChI=1S/C11H15ClN2OS/c1-14(10-3-2-9(12)16-10)11(15)8-4-6-13-7-5-8/h2-3,8,13H,4-7H2,1H3. The predicted octanol–water partition coefficient (Wildman–Crippen LogP) is 2.36. The van der Waals surface area contributed by atoms with Gasteiger partial charge in [-0.05, 0) is 38.1 Å². The first-order chi connectivity index (χ1) is 7.68. The zero-order valence-electron chi connectivity index (χ0n) is 9.20. The van der Waals surface area contributed by atoms with Crippen LogP contribution in [-0.2, 0) is 4.79 Å². The Morgan fingerprint density at radius 2 is 2.19 bits per heavy atom. The van der Waals surface area contributed by atoms with Crippen molar-refractivity contribution >= 4 is 33.8 Å². The van der Waals surface area contributed by atoms with Gasteiger partial charge in [-0.15, -0.1) is 11.3 Å². The fraction of sp³-hybridized carbons (Fsp3) is 0.545. The Balaban J connectivity index is 2.03. The van der Waals surface area contributed by atoms with E-state index in [4.69, 9.17) is 11.6 Å². The van der Waals surface area contributed by atoms with Crippen molar-refractivity contribution in [2.75, 3.05) is 25.0 Å². The molecule has 0 unspecified atom stereocenters. The molecule has 3 nitrogen and oxygen atoms in total. The maximum Gasteiger partial charge on any atom is 0.230 e. The number of hydrogen-bond acceptors (Lipinski definition) is 3. The number of amides is 1. The summed E-state index contributed by atoms with van der Waals surface area (Å²) in [6, 6.07) is 3.72. The van der Waals surface area contributed by atoms with Crippen molar-refractivity contribution in [3.63, 3.8) is 0 Å². The molecule has 5 heteroatoms. The van der Waals surface area contributed by atoms with Crippen molar-refractivity contribution in [3.05, 3.63) is 16.5 Å². The zero-order chi connectivity index (χ0) is 11.5. The maximum absolute atomic E-state index is 12.2. The van der Waals surface area contributed by atoms with E-state index in [9.17, 15) is 4.79 Å². The van der Waals surface area contributed by atoms with E-state index >= 15 is 0 Å². The van der Waals surface area contributed by atoms with E-state index in [0.717, 1.165) is 35.3 Å². The molecule has 2 heterocycles. The Morgan fingerprint density at radius 1 is 1.50 bits per heavy atom. The summed E-state index contributed by atoms with van der Waals surface area (Å²) in [5.74, 6) is 0.368. The average Bonchev–Trinajstić information content (AvgIpc) is 2.75. The Hall–Kier alpha value is -0.580. The van der Waals surface area contributed by atoms with Crippen LogP contribution in [0.25, 0.3) is 0 Å². The average molecular weight is 259 g/mol. The lowest BCUT2D eigenvalue weighted by Gasteiger charge is -2.26. The van der Waals surface area contributed by atoms with Crippen molar-refractivity contribution in [1.29, 1.82) is 0 Å². The highest BCUT2D eigenvalue weighted by Crippen LogP contribution is 2.30. The second-order valence-electron chi connectivity index (χ2n) is 4.00. The molecule has 1 aromatic rings. The Kier molecular flexibility index (Phi) is 3.84. The molecule has 0 aromatic carbocycles. The van der Waals surface area contributed by atoms with E-state index in [-0.39, 0.29) is 11.8 Å². The number of rotatable bonds is 2.